The van der Waals surface area contributed by atoms with Crippen molar-refractivity contribution in [2.45, 2.75) is 17.7 Å². The molecule has 0 radical (unpaired) electrons. The molecule has 1 atom stereocenters. The fourth-order valence-electron chi connectivity index (χ4n) is 2.14. The van der Waals surface area contributed by atoms with Crippen LogP contribution in [0.5, 0.6) is 0 Å². The van der Waals surface area contributed by atoms with Crippen molar-refractivity contribution in [2.75, 3.05) is 12.4 Å². The molecule has 1 saturated heterocycles. The zero-order valence-corrected chi connectivity index (χ0v) is 11.5. The summed E-state index contributed by atoms with van der Waals surface area (Å²) in [4.78, 5) is 3.25. The van der Waals surface area contributed by atoms with E-state index in [2.05, 4.69) is 27.3 Å². The van der Waals surface area contributed by atoms with E-state index in [1.807, 2.05) is 18.3 Å². The topological polar surface area (TPSA) is 67.2 Å². The summed E-state index contributed by atoms with van der Waals surface area (Å²) in [5, 5.41) is 9.98. The molecule has 1 aliphatic heterocycles. The number of nitrogens with zero attached hydrogens (tertiary/aromatic N) is 2. The average molecular weight is 287 g/mol. The van der Waals surface area contributed by atoms with Crippen LogP contribution in [-0.4, -0.2) is 33.6 Å². The number of nitrogens with one attached hydrogen (secondary N) is 1. The molecule has 5 nitrogen and oxygen atoms in total. The highest BCUT2D eigenvalue weighted by Gasteiger charge is 2.23. The molecule has 1 aromatic carbocycles. The van der Waals surface area contributed by atoms with Gasteiger partial charge in [0.1, 0.15) is 0 Å². The van der Waals surface area contributed by atoms with Gasteiger partial charge in [-0.3, -0.25) is 0 Å². The molecular weight excluding hydrogens is 274 g/mol. The number of benzene rings is 1. The Morgan fingerprint density at radius 3 is 3.10 bits per heavy atom. The second-order valence-corrected chi connectivity index (χ2v) is 5.74. The largest absolute Gasteiger partial charge is 0.416 e. The van der Waals surface area contributed by atoms with Crippen LogP contribution < -0.4 is 0 Å². The molecule has 0 spiro atoms. The Kier molecular flexibility index (Phi) is 2.97. The van der Waals surface area contributed by atoms with Gasteiger partial charge in [-0.1, -0.05) is 30.0 Å². The van der Waals surface area contributed by atoms with Gasteiger partial charge in [0.25, 0.3) is 5.22 Å². The van der Waals surface area contributed by atoms with Crippen LogP contribution in [-0.2, 0) is 11.2 Å². The summed E-state index contributed by atoms with van der Waals surface area (Å²) >= 11 is 1.56. The number of aromatic nitrogens is 3. The lowest BCUT2D eigenvalue weighted by Crippen LogP contribution is -1.87. The second kappa shape index (κ2) is 4.96. The highest BCUT2D eigenvalue weighted by Crippen LogP contribution is 2.24. The van der Waals surface area contributed by atoms with Gasteiger partial charge in [0, 0.05) is 22.9 Å². The van der Waals surface area contributed by atoms with Crippen LogP contribution in [0.25, 0.3) is 10.9 Å². The van der Waals surface area contributed by atoms with Crippen molar-refractivity contribution in [1.82, 2.24) is 15.2 Å². The number of para-hydroxylation sites is 1. The van der Waals surface area contributed by atoms with Crippen molar-refractivity contribution in [3.63, 3.8) is 0 Å². The summed E-state index contributed by atoms with van der Waals surface area (Å²) in [5.74, 6) is 1.53. The van der Waals surface area contributed by atoms with Crippen LogP contribution >= 0.6 is 11.8 Å². The zero-order valence-electron chi connectivity index (χ0n) is 10.7. The lowest BCUT2D eigenvalue weighted by atomic mass is 10.1. The molecule has 2 aromatic heterocycles. The number of H-pyrrole nitrogens is 1. The maximum Gasteiger partial charge on any atom is 0.276 e. The first-order valence-electron chi connectivity index (χ1n) is 6.50. The Bertz CT molecular complexity index is 733. The molecule has 1 aliphatic rings. The molecule has 6 heteroatoms. The van der Waals surface area contributed by atoms with Gasteiger partial charge >= 0.3 is 0 Å². The van der Waals surface area contributed by atoms with E-state index in [1.54, 1.807) is 11.8 Å². The van der Waals surface area contributed by atoms with E-state index in [9.17, 15) is 0 Å². The number of ether oxygens (including phenoxy) is 1. The quantitative estimate of drug-likeness (QED) is 0.577. The molecule has 0 bridgehead atoms. The first-order chi connectivity index (χ1) is 9.88. The summed E-state index contributed by atoms with van der Waals surface area (Å²) in [6.07, 6.45) is 3.01. The van der Waals surface area contributed by atoms with E-state index in [0.717, 1.165) is 17.9 Å². The molecule has 1 N–H and O–H groups in total. The second-order valence-electron chi connectivity index (χ2n) is 4.76. The van der Waals surface area contributed by atoms with E-state index >= 15 is 0 Å². The third-order valence-corrected chi connectivity index (χ3v) is 4.21. The molecule has 102 valence electrons. The molecule has 1 fully saturated rings. The first kappa shape index (κ1) is 12.0. The van der Waals surface area contributed by atoms with Gasteiger partial charge in [0.2, 0.25) is 5.89 Å². The smallest absolute Gasteiger partial charge is 0.276 e. The number of thioether (sulfide) groups is 1. The summed E-state index contributed by atoms with van der Waals surface area (Å²) < 4.78 is 10.8. The van der Waals surface area contributed by atoms with Gasteiger partial charge in [-0.15, -0.1) is 10.2 Å². The number of fused-ring (bicyclic) bond motifs is 1. The molecule has 0 saturated carbocycles. The number of rotatable bonds is 5. The summed E-state index contributed by atoms with van der Waals surface area (Å²) in [6.45, 7) is 0.851. The molecule has 3 heterocycles. The number of aromatic amines is 1. The highest BCUT2D eigenvalue weighted by molar-refractivity contribution is 7.99. The van der Waals surface area contributed by atoms with Crippen molar-refractivity contribution < 1.29 is 9.15 Å². The molecular formula is C14H13N3O2S. The third kappa shape index (κ3) is 2.44. The Hall–Kier alpha value is -1.79. The number of hydrogen-bond acceptors (Lipinski definition) is 5. The van der Waals surface area contributed by atoms with Crippen LogP contribution in [0.3, 0.4) is 0 Å². The minimum atomic E-state index is 0.365. The minimum Gasteiger partial charge on any atom is -0.416 e. The normalized spacial score (nSPS) is 17.7. The van der Waals surface area contributed by atoms with E-state index in [-0.39, 0.29) is 0 Å². The van der Waals surface area contributed by atoms with Crippen molar-refractivity contribution in [3.8, 4) is 0 Å². The van der Waals surface area contributed by atoms with Crippen LogP contribution in [0.15, 0.2) is 40.1 Å². The Labute approximate surface area is 119 Å². The number of hydrogen-bond donors (Lipinski definition) is 1. The van der Waals surface area contributed by atoms with Crippen LogP contribution in [0, 0.1) is 0 Å². The maximum atomic E-state index is 5.66. The molecule has 0 aliphatic carbocycles. The van der Waals surface area contributed by atoms with Gasteiger partial charge in [-0.25, -0.2) is 0 Å². The van der Waals surface area contributed by atoms with Crippen molar-refractivity contribution >= 4 is 22.7 Å². The summed E-state index contributed by atoms with van der Waals surface area (Å²) in [6, 6.07) is 8.20. The van der Waals surface area contributed by atoms with Crippen LogP contribution in [0.2, 0.25) is 0 Å². The molecule has 20 heavy (non-hydrogen) atoms. The van der Waals surface area contributed by atoms with Gasteiger partial charge < -0.3 is 14.1 Å². The fourth-order valence-corrected chi connectivity index (χ4v) is 2.91. The molecule has 1 unspecified atom stereocenters. The Balaban J connectivity index is 1.50. The Morgan fingerprint density at radius 2 is 2.20 bits per heavy atom. The minimum absolute atomic E-state index is 0.365. The fraction of sp³-hybridized carbons (Fsp3) is 0.286. The maximum absolute atomic E-state index is 5.66. The molecule has 4 rings (SSSR count). The molecule has 0 amide bonds. The average Bonchev–Trinajstić information content (AvgIpc) is 3.06. The van der Waals surface area contributed by atoms with Gasteiger partial charge in [-0.05, 0) is 11.6 Å². The SMILES string of the molecule is c1ccc2c(Cc3nnc(SCC4CO4)o3)c[nH]c2c1. The molecule has 3 aromatic rings. The van der Waals surface area contributed by atoms with E-state index in [1.165, 1.54) is 10.9 Å². The monoisotopic (exact) mass is 287 g/mol. The standard InChI is InChI=1S/C14H13N3O2S/c1-2-4-12-11(3-1)9(6-15-12)5-13-16-17-14(19-13)20-8-10-7-18-10/h1-4,6,10,15H,5,7-8H2. The summed E-state index contributed by atoms with van der Waals surface area (Å²) in [5.41, 5.74) is 2.30. The van der Waals surface area contributed by atoms with Crippen molar-refractivity contribution in [3.05, 3.63) is 41.9 Å². The van der Waals surface area contributed by atoms with Crippen LogP contribution in [0.4, 0.5) is 0 Å². The summed E-state index contributed by atoms with van der Waals surface area (Å²) in [7, 11) is 0. The first-order valence-corrected chi connectivity index (χ1v) is 7.49. The van der Waals surface area contributed by atoms with Crippen molar-refractivity contribution in [2.24, 2.45) is 0 Å². The third-order valence-electron chi connectivity index (χ3n) is 3.26. The lowest BCUT2D eigenvalue weighted by molar-refractivity contribution is 0.414. The van der Waals surface area contributed by atoms with E-state index in [4.69, 9.17) is 9.15 Å². The van der Waals surface area contributed by atoms with Gasteiger partial charge in [-0.2, -0.15) is 0 Å². The lowest BCUT2D eigenvalue weighted by Gasteiger charge is -1.94. The van der Waals surface area contributed by atoms with Gasteiger partial charge in [0.15, 0.2) is 0 Å². The van der Waals surface area contributed by atoms with Crippen molar-refractivity contribution in [1.29, 1.82) is 0 Å². The van der Waals surface area contributed by atoms with Gasteiger partial charge in [0.05, 0.1) is 19.1 Å². The highest BCUT2D eigenvalue weighted by atomic mass is 32.2. The zero-order chi connectivity index (χ0) is 13.4. The predicted octanol–water partition coefficient (Wildman–Crippen LogP) is 2.63. The van der Waals surface area contributed by atoms with E-state index in [0.29, 0.717) is 23.6 Å². The predicted molar refractivity (Wildman–Crippen MR) is 75.9 cm³/mol. The number of epoxide rings is 1. The van der Waals surface area contributed by atoms with Crippen LogP contribution in [0.1, 0.15) is 11.5 Å². The Morgan fingerprint density at radius 1 is 1.30 bits per heavy atom. The van der Waals surface area contributed by atoms with E-state index < -0.39 is 0 Å².